The number of carbonyl (C=O) groups is 1. The summed E-state index contributed by atoms with van der Waals surface area (Å²) >= 11 is 0. The van der Waals surface area contributed by atoms with Crippen LogP contribution in [0.3, 0.4) is 0 Å². The van der Waals surface area contributed by atoms with Gasteiger partial charge in [0.2, 0.25) is 5.91 Å². The molecule has 0 aliphatic carbocycles. The summed E-state index contributed by atoms with van der Waals surface area (Å²) in [5.74, 6) is -0.183. The Morgan fingerprint density at radius 2 is 0.724 bits per heavy atom. The van der Waals surface area contributed by atoms with Crippen LogP contribution in [0.1, 0.15) is 348 Å². The summed E-state index contributed by atoms with van der Waals surface area (Å²) in [5.41, 5.74) is 0. The van der Waals surface area contributed by atoms with Crippen molar-refractivity contribution < 1.29 is 39.8 Å². The second-order valence-electron chi connectivity index (χ2n) is 25.7. The van der Waals surface area contributed by atoms with E-state index in [1.54, 1.807) is 6.08 Å². The van der Waals surface area contributed by atoms with E-state index in [0.717, 1.165) is 70.6 Å². The first kappa shape index (κ1) is 82.4. The zero-order valence-electron chi connectivity index (χ0n) is 56.8. The minimum absolute atomic E-state index is 0.183. The van der Waals surface area contributed by atoms with Crippen molar-refractivity contribution in [3.8, 4) is 0 Å². The van der Waals surface area contributed by atoms with E-state index in [9.17, 15) is 30.3 Å². The summed E-state index contributed by atoms with van der Waals surface area (Å²) in [4.78, 5) is 13.1. The van der Waals surface area contributed by atoms with Crippen LogP contribution in [0.5, 0.6) is 0 Å². The van der Waals surface area contributed by atoms with Crippen molar-refractivity contribution in [1.82, 2.24) is 5.32 Å². The molecule has 9 nitrogen and oxygen atoms in total. The first-order chi connectivity index (χ1) is 42.8. The monoisotopic (exact) mass is 1220 g/mol. The number of hydrogen-bond acceptors (Lipinski definition) is 8. The molecule has 87 heavy (non-hydrogen) atoms. The molecule has 0 aromatic heterocycles. The quantitative estimate of drug-likeness (QED) is 0.0261. The third-order valence-electron chi connectivity index (χ3n) is 17.5. The highest BCUT2D eigenvalue weighted by Gasteiger charge is 2.44. The minimum Gasteiger partial charge on any atom is -0.394 e. The lowest BCUT2D eigenvalue weighted by molar-refractivity contribution is -0.302. The number of amides is 1. The number of allylic oxidation sites excluding steroid dienone is 13. The molecule has 9 heteroatoms. The summed E-state index contributed by atoms with van der Waals surface area (Å²) in [6, 6.07) is -0.826. The maximum absolute atomic E-state index is 13.1. The number of rotatable bonds is 65. The largest absolute Gasteiger partial charge is 0.394 e. The Kier molecular flexibility index (Phi) is 62.8. The maximum atomic E-state index is 13.1. The number of aliphatic hydroxyl groups is 5. The highest BCUT2D eigenvalue weighted by Crippen LogP contribution is 2.23. The third kappa shape index (κ3) is 54.8. The van der Waals surface area contributed by atoms with E-state index < -0.39 is 49.5 Å². The van der Waals surface area contributed by atoms with E-state index in [1.165, 1.54) is 257 Å². The fraction of sp³-hybridized carbons (Fsp3) is 0.808. The van der Waals surface area contributed by atoms with Crippen LogP contribution in [0.4, 0.5) is 0 Å². The first-order valence-electron chi connectivity index (χ1n) is 37.3. The zero-order chi connectivity index (χ0) is 62.8. The molecule has 1 fully saturated rings. The molecular formula is C78H141NO8. The van der Waals surface area contributed by atoms with Crippen molar-refractivity contribution in [3.05, 3.63) is 85.1 Å². The van der Waals surface area contributed by atoms with Crippen LogP contribution in [0.25, 0.3) is 0 Å². The molecule has 0 saturated carbocycles. The molecule has 1 amide bonds. The minimum atomic E-state index is -1.58. The summed E-state index contributed by atoms with van der Waals surface area (Å²) in [6.45, 7) is 3.69. The van der Waals surface area contributed by atoms with Gasteiger partial charge in [0.1, 0.15) is 24.4 Å². The smallest absolute Gasteiger partial charge is 0.220 e. The SMILES string of the molecule is CC/C=C\C/C=C\C/C=C\C/C=C\C/C=C\CCCCCCCCCCCCCCCCCCCCCC(=O)NC(COC1OC(CO)C(O)C(O)C1O)C(O)/C=C/CC/C=C/CCCCCCCCCCCCCCCCCCCCCCCCC. The Morgan fingerprint density at radius 1 is 0.402 bits per heavy atom. The van der Waals surface area contributed by atoms with Crippen LogP contribution in [0.2, 0.25) is 0 Å². The number of carbonyl (C=O) groups excluding carboxylic acids is 1. The molecule has 6 N–H and O–H groups in total. The fourth-order valence-electron chi connectivity index (χ4n) is 11.7. The van der Waals surface area contributed by atoms with Gasteiger partial charge < -0.3 is 40.3 Å². The number of hydrogen-bond donors (Lipinski definition) is 6. The lowest BCUT2D eigenvalue weighted by Gasteiger charge is -2.40. The van der Waals surface area contributed by atoms with Crippen LogP contribution < -0.4 is 5.32 Å². The van der Waals surface area contributed by atoms with E-state index in [4.69, 9.17) is 9.47 Å². The van der Waals surface area contributed by atoms with E-state index in [0.29, 0.717) is 6.42 Å². The van der Waals surface area contributed by atoms with Crippen LogP contribution in [-0.2, 0) is 14.3 Å². The zero-order valence-corrected chi connectivity index (χ0v) is 56.8. The number of unbranched alkanes of at least 4 members (excludes halogenated alkanes) is 43. The fourth-order valence-corrected chi connectivity index (χ4v) is 11.7. The van der Waals surface area contributed by atoms with E-state index in [-0.39, 0.29) is 12.5 Å². The molecule has 0 spiro atoms. The standard InChI is InChI=1S/C78H141NO8/c1-3-5-7-9-11-13-15-17-19-21-23-25-27-29-31-33-34-35-36-37-38-40-42-44-46-48-50-52-54-56-58-60-62-64-66-68-74(82)79-71(70-86-78-77(85)76(84)75(83)73(69-80)87-78)72(81)67-65-63-61-59-57-55-53-51-49-47-45-43-41-39-32-30-28-26-24-22-20-18-16-14-12-10-8-6-4-2/h5,7,11,13,17,19,23,25,29,31,57,59,65,67,71-73,75-78,80-81,83-85H,3-4,6,8-10,12,14-16,18,20-22,24,26-28,30,32-56,58,60-64,66,68-70H2,1-2H3,(H,79,82)/b7-5-,13-11-,19-17-,25-23-,31-29-,59-57+,67-65+. The Labute approximate surface area is 537 Å². The van der Waals surface area contributed by atoms with Crippen molar-refractivity contribution in [2.45, 2.75) is 391 Å². The van der Waals surface area contributed by atoms with Crippen molar-refractivity contribution >= 4 is 5.91 Å². The average molecular weight is 1220 g/mol. The van der Waals surface area contributed by atoms with Gasteiger partial charge in [-0.15, -0.1) is 0 Å². The molecule has 0 bridgehead atoms. The second-order valence-corrected chi connectivity index (χ2v) is 25.7. The summed E-state index contributed by atoms with van der Waals surface area (Å²) in [7, 11) is 0. The molecular weight excluding hydrogens is 1080 g/mol. The molecule has 0 aromatic rings. The van der Waals surface area contributed by atoms with E-state index in [2.05, 4.69) is 92.1 Å². The van der Waals surface area contributed by atoms with Crippen LogP contribution >= 0.6 is 0 Å². The second kappa shape index (κ2) is 66.3. The van der Waals surface area contributed by atoms with Gasteiger partial charge in [-0.25, -0.2) is 0 Å². The topological polar surface area (TPSA) is 149 Å². The lowest BCUT2D eigenvalue weighted by Crippen LogP contribution is -2.60. The maximum Gasteiger partial charge on any atom is 0.220 e. The molecule has 1 rings (SSSR count). The Hall–Kier alpha value is -2.63. The molecule has 7 unspecified atom stereocenters. The van der Waals surface area contributed by atoms with Gasteiger partial charge in [0.05, 0.1) is 25.4 Å². The van der Waals surface area contributed by atoms with Crippen molar-refractivity contribution in [2.24, 2.45) is 0 Å². The molecule has 1 heterocycles. The molecule has 0 aromatic carbocycles. The number of aliphatic hydroxyl groups excluding tert-OH is 5. The van der Waals surface area contributed by atoms with Gasteiger partial charge in [0.25, 0.3) is 0 Å². The first-order valence-corrected chi connectivity index (χ1v) is 37.3. The van der Waals surface area contributed by atoms with E-state index >= 15 is 0 Å². The lowest BCUT2D eigenvalue weighted by atomic mass is 9.99. The molecule has 1 aliphatic rings. The molecule has 1 aliphatic heterocycles. The average Bonchev–Trinajstić information content (AvgIpc) is 3.47. The van der Waals surface area contributed by atoms with Crippen molar-refractivity contribution in [2.75, 3.05) is 13.2 Å². The number of ether oxygens (including phenoxy) is 2. The predicted molar refractivity (Wildman–Crippen MR) is 373 cm³/mol. The van der Waals surface area contributed by atoms with Gasteiger partial charge in [-0.2, -0.15) is 0 Å². The molecule has 506 valence electrons. The predicted octanol–water partition coefficient (Wildman–Crippen LogP) is 20.9. The van der Waals surface area contributed by atoms with Gasteiger partial charge in [-0.1, -0.05) is 349 Å². The van der Waals surface area contributed by atoms with Gasteiger partial charge in [-0.3, -0.25) is 4.79 Å². The van der Waals surface area contributed by atoms with Crippen LogP contribution in [0, 0.1) is 0 Å². The number of nitrogens with one attached hydrogen (secondary N) is 1. The molecule has 1 saturated heterocycles. The highest BCUT2D eigenvalue weighted by atomic mass is 16.7. The van der Waals surface area contributed by atoms with Gasteiger partial charge in [0, 0.05) is 6.42 Å². The van der Waals surface area contributed by atoms with Crippen LogP contribution in [0.15, 0.2) is 85.1 Å². The highest BCUT2D eigenvalue weighted by molar-refractivity contribution is 5.76. The van der Waals surface area contributed by atoms with Crippen molar-refractivity contribution in [1.29, 1.82) is 0 Å². The van der Waals surface area contributed by atoms with Gasteiger partial charge >= 0.3 is 0 Å². The normalized spacial score (nSPS) is 18.4. The Bertz CT molecular complexity index is 1650. The Morgan fingerprint density at radius 3 is 1.10 bits per heavy atom. The van der Waals surface area contributed by atoms with Crippen molar-refractivity contribution in [3.63, 3.8) is 0 Å². The molecule has 0 radical (unpaired) electrons. The summed E-state index contributed by atoms with van der Waals surface area (Å²) in [6.07, 6.45) is 88.5. The summed E-state index contributed by atoms with van der Waals surface area (Å²) in [5, 5.41) is 54.8. The Balaban J connectivity index is 2.11. The van der Waals surface area contributed by atoms with E-state index in [1.807, 2.05) is 6.08 Å². The third-order valence-corrected chi connectivity index (χ3v) is 17.5. The summed E-state index contributed by atoms with van der Waals surface area (Å²) < 4.78 is 11.3. The van der Waals surface area contributed by atoms with Crippen LogP contribution in [-0.4, -0.2) is 87.5 Å². The molecule has 7 atom stereocenters. The van der Waals surface area contributed by atoms with Gasteiger partial charge in [0.15, 0.2) is 6.29 Å². The van der Waals surface area contributed by atoms with Gasteiger partial charge in [-0.05, 0) is 77.0 Å².